The monoisotopic (exact) mass is 423 g/mol. The molecule has 0 radical (unpaired) electrons. The lowest BCUT2D eigenvalue weighted by Gasteiger charge is -2.14. The van der Waals surface area contributed by atoms with Crippen molar-refractivity contribution >= 4 is 5.91 Å². The Morgan fingerprint density at radius 1 is 1.13 bits per heavy atom. The van der Waals surface area contributed by atoms with Gasteiger partial charge in [-0.25, -0.2) is 9.07 Å². The highest BCUT2D eigenvalue weighted by molar-refractivity contribution is 5.94. The largest absolute Gasteiger partial charge is 0.493 e. The van der Waals surface area contributed by atoms with Gasteiger partial charge in [0.05, 0.1) is 19.4 Å². The van der Waals surface area contributed by atoms with Crippen molar-refractivity contribution in [2.75, 3.05) is 13.7 Å². The van der Waals surface area contributed by atoms with Crippen molar-refractivity contribution in [3.05, 3.63) is 70.8 Å². The van der Waals surface area contributed by atoms with Crippen LogP contribution in [0.4, 0.5) is 4.39 Å². The highest BCUT2D eigenvalue weighted by atomic mass is 19.1. The standard InChI is InChI=1S/C24H26FN3O3/c1-3-31-21-13-8-16(14-22(21)30-2)15-26-24(29)23-19-6-4-5-7-20(19)28(27-23)18-11-9-17(25)10-12-18/h8-14H,3-7,15H2,1-2H3,(H,26,29). The first-order valence-electron chi connectivity index (χ1n) is 10.5. The summed E-state index contributed by atoms with van der Waals surface area (Å²) >= 11 is 0. The third kappa shape index (κ3) is 4.40. The summed E-state index contributed by atoms with van der Waals surface area (Å²) in [4.78, 5) is 13.0. The number of carbonyl (C=O) groups excluding carboxylic acids is 1. The van der Waals surface area contributed by atoms with E-state index in [4.69, 9.17) is 9.47 Å². The Morgan fingerprint density at radius 2 is 1.90 bits per heavy atom. The first-order chi connectivity index (χ1) is 15.1. The minimum absolute atomic E-state index is 0.216. The number of methoxy groups -OCH3 is 1. The van der Waals surface area contributed by atoms with Crippen LogP contribution in [0.25, 0.3) is 5.69 Å². The van der Waals surface area contributed by atoms with Crippen molar-refractivity contribution in [1.82, 2.24) is 15.1 Å². The van der Waals surface area contributed by atoms with Gasteiger partial charge in [0.1, 0.15) is 5.82 Å². The average Bonchev–Trinajstić information content (AvgIpc) is 3.19. The van der Waals surface area contributed by atoms with Crippen molar-refractivity contribution in [1.29, 1.82) is 0 Å². The van der Waals surface area contributed by atoms with E-state index in [0.717, 1.165) is 48.2 Å². The molecule has 0 fully saturated rings. The van der Waals surface area contributed by atoms with Gasteiger partial charge in [-0.2, -0.15) is 5.10 Å². The van der Waals surface area contributed by atoms with Crippen LogP contribution in [0.1, 0.15) is 47.1 Å². The molecular weight excluding hydrogens is 397 g/mol. The number of ether oxygens (including phenoxy) is 2. The predicted molar refractivity (Wildman–Crippen MR) is 115 cm³/mol. The molecule has 1 aromatic heterocycles. The topological polar surface area (TPSA) is 65.4 Å². The quantitative estimate of drug-likeness (QED) is 0.618. The number of nitrogens with zero attached hydrogens (tertiary/aromatic N) is 2. The molecule has 1 amide bonds. The van der Waals surface area contributed by atoms with Gasteiger partial charge in [0, 0.05) is 17.8 Å². The van der Waals surface area contributed by atoms with E-state index in [9.17, 15) is 9.18 Å². The lowest BCUT2D eigenvalue weighted by Crippen LogP contribution is -2.24. The molecule has 0 spiro atoms. The lowest BCUT2D eigenvalue weighted by atomic mass is 9.95. The molecule has 4 rings (SSSR count). The third-order valence-corrected chi connectivity index (χ3v) is 5.45. The van der Waals surface area contributed by atoms with Crippen molar-refractivity contribution in [3.8, 4) is 17.2 Å². The minimum atomic E-state index is -0.298. The van der Waals surface area contributed by atoms with Gasteiger partial charge in [0.2, 0.25) is 0 Å². The molecule has 0 unspecified atom stereocenters. The van der Waals surface area contributed by atoms with Gasteiger partial charge in [0.25, 0.3) is 5.91 Å². The van der Waals surface area contributed by atoms with Crippen molar-refractivity contribution in [2.45, 2.75) is 39.2 Å². The van der Waals surface area contributed by atoms with Crippen LogP contribution in [0, 0.1) is 5.82 Å². The van der Waals surface area contributed by atoms with Gasteiger partial charge >= 0.3 is 0 Å². The molecular formula is C24H26FN3O3. The molecule has 1 aliphatic carbocycles. The fourth-order valence-electron chi connectivity index (χ4n) is 3.94. The van der Waals surface area contributed by atoms with E-state index in [-0.39, 0.29) is 11.7 Å². The number of halogens is 1. The number of hydrogen-bond donors (Lipinski definition) is 1. The van der Waals surface area contributed by atoms with E-state index < -0.39 is 0 Å². The maximum atomic E-state index is 13.3. The Bertz CT molecular complexity index is 1080. The second-order valence-corrected chi connectivity index (χ2v) is 7.47. The summed E-state index contributed by atoms with van der Waals surface area (Å²) in [5.41, 5.74) is 4.12. The Balaban J connectivity index is 1.56. The predicted octanol–water partition coefficient (Wildman–Crippen LogP) is 4.23. The van der Waals surface area contributed by atoms with E-state index in [0.29, 0.717) is 30.3 Å². The number of aromatic nitrogens is 2. The average molecular weight is 423 g/mol. The van der Waals surface area contributed by atoms with Crippen LogP contribution < -0.4 is 14.8 Å². The first kappa shape index (κ1) is 20.9. The lowest BCUT2D eigenvalue weighted by molar-refractivity contribution is 0.0944. The molecule has 0 bridgehead atoms. The first-order valence-corrected chi connectivity index (χ1v) is 10.5. The highest BCUT2D eigenvalue weighted by Crippen LogP contribution is 2.29. The van der Waals surface area contributed by atoms with Crippen LogP contribution >= 0.6 is 0 Å². The zero-order chi connectivity index (χ0) is 21.8. The molecule has 0 saturated heterocycles. The molecule has 0 saturated carbocycles. The van der Waals surface area contributed by atoms with Crippen molar-refractivity contribution in [2.24, 2.45) is 0 Å². The van der Waals surface area contributed by atoms with Gasteiger partial charge in [-0.15, -0.1) is 0 Å². The summed E-state index contributed by atoms with van der Waals surface area (Å²) in [5, 5.41) is 7.58. The number of nitrogens with one attached hydrogen (secondary N) is 1. The summed E-state index contributed by atoms with van der Waals surface area (Å²) in [5.74, 6) is 0.791. The molecule has 7 heteroatoms. The Kier molecular flexibility index (Phi) is 6.21. The fraction of sp³-hybridized carbons (Fsp3) is 0.333. The number of amides is 1. The Morgan fingerprint density at radius 3 is 2.65 bits per heavy atom. The molecule has 1 heterocycles. The molecule has 1 aliphatic rings. The van der Waals surface area contributed by atoms with E-state index in [1.165, 1.54) is 12.1 Å². The smallest absolute Gasteiger partial charge is 0.272 e. The summed E-state index contributed by atoms with van der Waals surface area (Å²) in [6.45, 7) is 2.81. The van der Waals surface area contributed by atoms with Crippen LogP contribution in [-0.2, 0) is 19.4 Å². The molecule has 2 aromatic carbocycles. The van der Waals surface area contributed by atoms with E-state index in [1.807, 2.05) is 25.1 Å². The normalized spacial score (nSPS) is 12.9. The zero-order valence-electron chi connectivity index (χ0n) is 17.8. The summed E-state index contributed by atoms with van der Waals surface area (Å²) in [7, 11) is 1.59. The van der Waals surface area contributed by atoms with Crippen LogP contribution in [0.3, 0.4) is 0 Å². The Labute approximate surface area is 181 Å². The third-order valence-electron chi connectivity index (χ3n) is 5.45. The number of fused-ring (bicyclic) bond motifs is 1. The molecule has 6 nitrogen and oxygen atoms in total. The van der Waals surface area contributed by atoms with Crippen molar-refractivity contribution < 1.29 is 18.7 Å². The second-order valence-electron chi connectivity index (χ2n) is 7.47. The van der Waals surface area contributed by atoms with Gasteiger partial charge in [0.15, 0.2) is 17.2 Å². The minimum Gasteiger partial charge on any atom is -0.493 e. The van der Waals surface area contributed by atoms with Gasteiger partial charge < -0.3 is 14.8 Å². The molecule has 3 aromatic rings. The van der Waals surface area contributed by atoms with Crippen LogP contribution in [0.5, 0.6) is 11.5 Å². The zero-order valence-corrected chi connectivity index (χ0v) is 17.8. The number of rotatable bonds is 7. The van der Waals surface area contributed by atoms with Gasteiger partial charge in [-0.3, -0.25) is 4.79 Å². The molecule has 0 atom stereocenters. The fourth-order valence-corrected chi connectivity index (χ4v) is 3.94. The molecule has 31 heavy (non-hydrogen) atoms. The summed E-state index contributed by atoms with van der Waals surface area (Å²) < 4.78 is 26.1. The van der Waals surface area contributed by atoms with Gasteiger partial charge in [-0.1, -0.05) is 6.07 Å². The second kappa shape index (κ2) is 9.20. The Hall–Kier alpha value is -3.35. The maximum Gasteiger partial charge on any atom is 0.272 e. The van der Waals surface area contributed by atoms with Crippen molar-refractivity contribution in [3.63, 3.8) is 0 Å². The van der Waals surface area contributed by atoms with E-state index in [2.05, 4.69) is 10.4 Å². The summed E-state index contributed by atoms with van der Waals surface area (Å²) in [6.07, 6.45) is 3.74. The van der Waals surface area contributed by atoms with Gasteiger partial charge in [-0.05, 0) is 74.6 Å². The maximum absolute atomic E-state index is 13.3. The highest BCUT2D eigenvalue weighted by Gasteiger charge is 2.25. The summed E-state index contributed by atoms with van der Waals surface area (Å²) in [6, 6.07) is 11.8. The molecule has 0 aliphatic heterocycles. The van der Waals surface area contributed by atoms with Crippen LogP contribution in [0.15, 0.2) is 42.5 Å². The van der Waals surface area contributed by atoms with Crippen LogP contribution in [0.2, 0.25) is 0 Å². The van der Waals surface area contributed by atoms with E-state index >= 15 is 0 Å². The molecule has 162 valence electrons. The van der Waals surface area contributed by atoms with Crippen LogP contribution in [-0.4, -0.2) is 29.4 Å². The number of benzene rings is 2. The van der Waals surface area contributed by atoms with E-state index in [1.54, 1.807) is 23.9 Å². The SMILES string of the molecule is CCOc1ccc(CNC(=O)c2nn(-c3ccc(F)cc3)c3c2CCCC3)cc1OC. The number of carbonyl (C=O) groups is 1. The number of hydrogen-bond acceptors (Lipinski definition) is 4. The molecule has 1 N–H and O–H groups in total.